The quantitative estimate of drug-likeness (QED) is 0.840. The molecule has 0 bridgehead atoms. The maximum atomic E-state index is 5.32. The molecule has 0 aromatic carbocycles. The molecule has 20 heavy (non-hydrogen) atoms. The Kier molecular flexibility index (Phi) is 2.55. The summed E-state index contributed by atoms with van der Waals surface area (Å²) in [5.41, 5.74) is 1.52. The minimum absolute atomic E-state index is 0.567. The van der Waals surface area contributed by atoms with Gasteiger partial charge in [-0.15, -0.1) is 0 Å². The molecular formula is C15H18N4O. The molecule has 1 saturated heterocycles. The van der Waals surface area contributed by atoms with Crippen LogP contribution in [0, 0.1) is 12.3 Å². The van der Waals surface area contributed by atoms with E-state index in [9.17, 15) is 0 Å². The van der Waals surface area contributed by atoms with E-state index in [4.69, 9.17) is 4.52 Å². The van der Waals surface area contributed by atoms with Crippen LogP contribution in [0.3, 0.4) is 0 Å². The van der Waals surface area contributed by atoms with Gasteiger partial charge in [0, 0.05) is 19.3 Å². The largest absolute Gasteiger partial charge is 0.355 e. The molecule has 1 aliphatic carbocycles. The number of anilines is 1. The van der Waals surface area contributed by atoms with Crippen LogP contribution < -0.4 is 4.90 Å². The lowest BCUT2D eigenvalue weighted by atomic mass is 9.95. The van der Waals surface area contributed by atoms with Crippen LogP contribution in [0.25, 0.3) is 11.5 Å². The molecule has 0 radical (unpaired) electrons. The summed E-state index contributed by atoms with van der Waals surface area (Å²) in [7, 11) is 0. The minimum Gasteiger partial charge on any atom is -0.355 e. The van der Waals surface area contributed by atoms with Crippen LogP contribution in [0.1, 0.15) is 31.5 Å². The molecule has 0 N–H and O–H groups in total. The number of nitrogens with zero attached hydrogens (tertiary/aromatic N) is 4. The molecule has 1 saturated carbocycles. The maximum Gasteiger partial charge on any atom is 0.261 e. The van der Waals surface area contributed by atoms with Gasteiger partial charge < -0.3 is 9.42 Å². The van der Waals surface area contributed by atoms with E-state index in [2.05, 4.69) is 20.0 Å². The van der Waals surface area contributed by atoms with E-state index in [1.54, 1.807) is 0 Å². The van der Waals surface area contributed by atoms with Crippen molar-refractivity contribution in [2.45, 2.75) is 32.6 Å². The number of hydrogen-bond donors (Lipinski definition) is 0. The predicted octanol–water partition coefficient (Wildman–Crippen LogP) is 2.82. The first kappa shape index (κ1) is 11.9. The highest BCUT2D eigenvalue weighted by atomic mass is 16.5. The van der Waals surface area contributed by atoms with E-state index in [1.807, 2.05) is 25.3 Å². The second-order valence-electron chi connectivity index (χ2n) is 6.05. The zero-order valence-electron chi connectivity index (χ0n) is 11.7. The molecule has 2 fully saturated rings. The lowest BCUT2D eigenvalue weighted by molar-refractivity contribution is 0.392. The molecule has 1 aliphatic heterocycles. The summed E-state index contributed by atoms with van der Waals surface area (Å²) in [6, 6.07) is 3.94. The molecule has 3 heterocycles. The molecule has 104 valence electrons. The van der Waals surface area contributed by atoms with Gasteiger partial charge in [-0.25, -0.2) is 4.98 Å². The third-order valence-electron chi connectivity index (χ3n) is 4.46. The van der Waals surface area contributed by atoms with Gasteiger partial charge in [0.05, 0.1) is 5.56 Å². The second-order valence-corrected chi connectivity index (χ2v) is 6.05. The average molecular weight is 270 g/mol. The first-order chi connectivity index (χ1) is 9.76. The van der Waals surface area contributed by atoms with Crippen LogP contribution in [0.5, 0.6) is 0 Å². The van der Waals surface area contributed by atoms with Crippen LogP contribution in [-0.4, -0.2) is 28.2 Å². The Morgan fingerprint density at radius 3 is 2.95 bits per heavy atom. The lowest BCUT2D eigenvalue weighted by Crippen LogP contribution is -2.37. The number of aryl methyl sites for hydroxylation is 1. The zero-order valence-corrected chi connectivity index (χ0v) is 11.7. The summed E-state index contributed by atoms with van der Waals surface area (Å²) in [4.78, 5) is 11.3. The SMILES string of the molecule is Cc1noc(-c2cccnc2N2CCCC3(CC3)C2)n1. The summed E-state index contributed by atoms with van der Waals surface area (Å²) in [6.07, 6.45) is 7.19. The van der Waals surface area contributed by atoms with Crippen molar-refractivity contribution in [3.8, 4) is 11.5 Å². The fourth-order valence-corrected chi connectivity index (χ4v) is 3.20. The number of hydrogen-bond acceptors (Lipinski definition) is 5. The van der Waals surface area contributed by atoms with Gasteiger partial charge >= 0.3 is 0 Å². The van der Waals surface area contributed by atoms with E-state index >= 15 is 0 Å². The summed E-state index contributed by atoms with van der Waals surface area (Å²) in [5.74, 6) is 2.22. The van der Waals surface area contributed by atoms with Crippen LogP contribution in [0.4, 0.5) is 5.82 Å². The van der Waals surface area contributed by atoms with Gasteiger partial charge in [0.15, 0.2) is 5.82 Å². The zero-order chi connectivity index (χ0) is 13.6. The lowest BCUT2D eigenvalue weighted by Gasteiger charge is -2.34. The van der Waals surface area contributed by atoms with E-state index in [0.29, 0.717) is 17.1 Å². The maximum absolute atomic E-state index is 5.32. The molecule has 0 unspecified atom stereocenters. The highest BCUT2D eigenvalue weighted by molar-refractivity contribution is 5.70. The van der Waals surface area contributed by atoms with Crippen molar-refractivity contribution in [2.24, 2.45) is 5.41 Å². The topological polar surface area (TPSA) is 55.1 Å². The molecule has 2 aromatic heterocycles. The fourth-order valence-electron chi connectivity index (χ4n) is 3.20. The van der Waals surface area contributed by atoms with Crippen LogP contribution in [0.15, 0.2) is 22.9 Å². The summed E-state index contributed by atoms with van der Waals surface area (Å²) in [6.45, 7) is 4.02. The first-order valence-electron chi connectivity index (χ1n) is 7.26. The van der Waals surface area contributed by atoms with E-state index in [-0.39, 0.29) is 0 Å². The van der Waals surface area contributed by atoms with Crippen molar-refractivity contribution in [1.29, 1.82) is 0 Å². The number of rotatable bonds is 2. The third-order valence-corrected chi connectivity index (χ3v) is 4.46. The Bertz CT molecular complexity index is 632. The van der Waals surface area contributed by atoms with E-state index < -0.39 is 0 Å². The summed E-state index contributed by atoms with van der Waals surface area (Å²) < 4.78 is 5.32. The van der Waals surface area contributed by atoms with Gasteiger partial charge in [-0.1, -0.05) is 5.16 Å². The summed E-state index contributed by atoms with van der Waals surface area (Å²) >= 11 is 0. The molecule has 4 rings (SSSR count). The Labute approximate surface area is 118 Å². The first-order valence-corrected chi connectivity index (χ1v) is 7.26. The monoisotopic (exact) mass is 270 g/mol. The average Bonchev–Trinajstić information content (AvgIpc) is 3.07. The minimum atomic E-state index is 0.567. The predicted molar refractivity (Wildman–Crippen MR) is 75.4 cm³/mol. The van der Waals surface area contributed by atoms with Gasteiger partial charge in [0.25, 0.3) is 5.89 Å². The van der Waals surface area contributed by atoms with Gasteiger partial charge in [-0.3, -0.25) is 0 Å². The van der Waals surface area contributed by atoms with E-state index in [1.165, 1.54) is 25.7 Å². The highest BCUT2D eigenvalue weighted by Crippen LogP contribution is 2.52. The molecule has 5 nitrogen and oxygen atoms in total. The Balaban J connectivity index is 1.71. The normalized spacial score (nSPS) is 20.4. The number of aromatic nitrogens is 3. The molecule has 0 amide bonds. The fraction of sp³-hybridized carbons (Fsp3) is 0.533. The van der Waals surface area contributed by atoms with Crippen LogP contribution in [-0.2, 0) is 0 Å². The molecular weight excluding hydrogens is 252 g/mol. The Hall–Kier alpha value is -1.91. The van der Waals surface area contributed by atoms with Crippen molar-refractivity contribution in [2.75, 3.05) is 18.0 Å². The number of piperidine rings is 1. The third kappa shape index (κ3) is 1.97. The molecule has 0 atom stereocenters. The smallest absolute Gasteiger partial charge is 0.261 e. The van der Waals surface area contributed by atoms with Crippen LogP contribution >= 0.6 is 0 Å². The molecule has 5 heteroatoms. The van der Waals surface area contributed by atoms with Crippen molar-refractivity contribution in [3.05, 3.63) is 24.2 Å². The second kappa shape index (κ2) is 4.30. The highest BCUT2D eigenvalue weighted by Gasteiger charge is 2.46. The molecule has 2 aromatic rings. The number of pyridine rings is 1. The van der Waals surface area contributed by atoms with Gasteiger partial charge in [0.2, 0.25) is 0 Å². The Morgan fingerprint density at radius 1 is 1.30 bits per heavy atom. The van der Waals surface area contributed by atoms with Crippen LogP contribution in [0.2, 0.25) is 0 Å². The van der Waals surface area contributed by atoms with Crippen molar-refractivity contribution >= 4 is 5.82 Å². The van der Waals surface area contributed by atoms with Gasteiger partial charge in [-0.2, -0.15) is 4.98 Å². The van der Waals surface area contributed by atoms with Gasteiger partial charge in [0.1, 0.15) is 5.82 Å². The van der Waals surface area contributed by atoms with Crippen molar-refractivity contribution in [3.63, 3.8) is 0 Å². The standard InChI is InChI=1S/C15H18N4O/c1-11-17-14(20-18-11)12-4-2-8-16-13(12)19-9-3-5-15(10-19)6-7-15/h2,4,8H,3,5-7,9-10H2,1H3. The summed E-state index contributed by atoms with van der Waals surface area (Å²) in [5, 5.41) is 3.89. The van der Waals surface area contributed by atoms with Gasteiger partial charge in [-0.05, 0) is 50.2 Å². The molecule has 2 aliphatic rings. The Morgan fingerprint density at radius 2 is 2.20 bits per heavy atom. The van der Waals surface area contributed by atoms with Crippen molar-refractivity contribution in [1.82, 2.24) is 15.1 Å². The van der Waals surface area contributed by atoms with E-state index in [0.717, 1.165) is 24.5 Å². The molecule has 1 spiro atoms. The van der Waals surface area contributed by atoms with Crippen molar-refractivity contribution < 1.29 is 4.52 Å².